The predicted molar refractivity (Wildman–Crippen MR) is 130 cm³/mol. The van der Waals surface area contributed by atoms with Gasteiger partial charge in [0.1, 0.15) is 18.1 Å². The summed E-state index contributed by atoms with van der Waals surface area (Å²) in [6.07, 6.45) is 7.80. The number of phenols is 1. The molecule has 0 aliphatic carbocycles. The number of aromatic hydroxyl groups is 1. The molecule has 2 saturated heterocycles. The molecule has 2 atom stereocenters. The second-order valence-corrected chi connectivity index (χ2v) is 9.67. The topological polar surface area (TPSA) is 92.5 Å². The first-order valence-corrected chi connectivity index (χ1v) is 12.1. The molecule has 8 heteroatoms. The van der Waals surface area contributed by atoms with Crippen LogP contribution >= 0.6 is 0 Å². The first kappa shape index (κ1) is 21.2. The standard InChI is InChI=1S/C26H29N5O3/c1-30-8-7-17(12-25(30)33)16-5-6-21(23(32)11-16)22-15-24-26(29-28-22)31(9-10-34-24)20-13-18-3-2-4-19(14-20)27-18/h5-8,11-12,15,18-20,27,32H,2-4,9-10,13-14H2,1H3. The Morgan fingerprint density at radius 1 is 1.06 bits per heavy atom. The van der Waals surface area contributed by atoms with Crippen molar-refractivity contribution in [2.24, 2.45) is 7.05 Å². The fourth-order valence-electron chi connectivity index (χ4n) is 5.67. The number of hydrogen-bond acceptors (Lipinski definition) is 7. The number of rotatable bonds is 3. The number of anilines is 1. The molecule has 3 aliphatic rings. The van der Waals surface area contributed by atoms with E-state index < -0.39 is 0 Å². The van der Waals surface area contributed by atoms with Gasteiger partial charge >= 0.3 is 0 Å². The summed E-state index contributed by atoms with van der Waals surface area (Å²) >= 11 is 0. The van der Waals surface area contributed by atoms with Crippen molar-refractivity contribution in [1.82, 2.24) is 20.1 Å². The second-order valence-electron chi connectivity index (χ2n) is 9.67. The van der Waals surface area contributed by atoms with Crippen LogP contribution in [-0.4, -0.2) is 51.1 Å². The van der Waals surface area contributed by atoms with Gasteiger partial charge in [-0.3, -0.25) is 4.79 Å². The fraction of sp³-hybridized carbons (Fsp3) is 0.423. The van der Waals surface area contributed by atoms with Crippen LogP contribution in [0.2, 0.25) is 0 Å². The van der Waals surface area contributed by atoms with E-state index in [4.69, 9.17) is 4.74 Å². The highest BCUT2D eigenvalue weighted by Crippen LogP contribution is 2.39. The van der Waals surface area contributed by atoms with Crippen molar-refractivity contribution in [2.45, 2.75) is 50.2 Å². The van der Waals surface area contributed by atoms with Crippen LogP contribution in [0, 0.1) is 0 Å². The van der Waals surface area contributed by atoms with Gasteiger partial charge in [0.15, 0.2) is 11.6 Å². The average molecular weight is 460 g/mol. The summed E-state index contributed by atoms with van der Waals surface area (Å²) in [7, 11) is 1.71. The largest absolute Gasteiger partial charge is 0.507 e. The van der Waals surface area contributed by atoms with Crippen LogP contribution in [0.1, 0.15) is 32.1 Å². The number of benzene rings is 1. The van der Waals surface area contributed by atoms with Gasteiger partial charge in [0, 0.05) is 49.1 Å². The zero-order valence-corrected chi connectivity index (χ0v) is 19.3. The van der Waals surface area contributed by atoms with Gasteiger partial charge in [0.25, 0.3) is 5.56 Å². The molecular formula is C26H29N5O3. The molecule has 1 aromatic carbocycles. The van der Waals surface area contributed by atoms with Gasteiger partial charge in [0.2, 0.25) is 0 Å². The lowest BCUT2D eigenvalue weighted by Gasteiger charge is -2.46. The smallest absolute Gasteiger partial charge is 0.250 e. The first-order chi connectivity index (χ1) is 16.5. The monoisotopic (exact) mass is 459 g/mol. The molecule has 0 amide bonds. The maximum Gasteiger partial charge on any atom is 0.250 e. The summed E-state index contributed by atoms with van der Waals surface area (Å²) in [5, 5.41) is 23.6. The van der Waals surface area contributed by atoms with Crippen molar-refractivity contribution in [3.8, 4) is 33.9 Å². The number of pyridine rings is 1. The molecule has 2 fully saturated rings. The van der Waals surface area contributed by atoms with Gasteiger partial charge in [-0.2, -0.15) is 0 Å². The van der Waals surface area contributed by atoms with Gasteiger partial charge in [-0.05, 0) is 55.0 Å². The number of aryl methyl sites for hydroxylation is 1. The van der Waals surface area contributed by atoms with E-state index in [1.54, 1.807) is 25.4 Å². The second kappa shape index (κ2) is 8.43. The minimum absolute atomic E-state index is 0.0891. The van der Waals surface area contributed by atoms with Gasteiger partial charge in [-0.15, -0.1) is 10.2 Å². The van der Waals surface area contributed by atoms with Crippen molar-refractivity contribution in [3.05, 3.63) is 52.9 Å². The summed E-state index contributed by atoms with van der Waals surface area (Å²) in [4.78, 5) is 14.4. The molecule has 176 valence electrons. The maximum atomic E-state index is 12.0. The number of ether oxygens (including phenoxy) is 1. The molecule has 2 unspecified atom stereocenters. The van der Waals surface area contributed by atoms with Crippen LogP contribution < -0.4 is 20.5 Å². The zero-order valence-electron chi connectivity index (χ0n) is 19.3. The highest BCUT2D eigenvalue weighted by atomic mass is 16.5. The lowest BCUT2D eigenvalue weighted by molar-refractivity contribution is 0.205. The highest BCUT2D eigenvalue weighted by Gasteiger charge is 2.36. The summed E-state index contributed by atoms with van der Waals surface area (Å²) in [6.45, 7) is 1.44. The lowest BCUT2D eigenvalue weighted by atomic mass is 9.83. The Morgan fingerprint density at radius 3 is 2.62 bits per heavy atom. The number of aromatic nitrogens is 3. The Kier molecular flexibility index (Phi) is 5.25. The van der Waals surface area contributed by atoms with E-state index in [2.05, 4.69) is 20.4 Å². The van der Waals surface area contributed by atoms with Crippen LogP contribution in [0.3, 0.4) is 0 Å². The van der Waals surface area contributed by atoms with E-state index in [0.29, 0.717) is 36.0 Å². The van der Waals surface area contributed by atoms with E-state index >= 15 is 0 Å². The van der Waals surface area contributed by atoms with Gasteiger partial charge in [-0.1, -0.05) is 12.5 Å². The van der Waals surface area contributed by atoms with Crippen molar-refractivity contribution in [1.29, 1.82) is 0 Å². The number of hydrogen-bond donors (Lipinski definition) is 2. The normalized spacial score (nSPS) is 23.8. The van der Waals surface area contributed by atoms with Crippen molar-refractivity contribution >= 4 is 5.82 Å². The molecule has 3 aromatic rings. The molecule has 0 spiro atoms. The fourth-order valence-corrected chi connectivity index (χ4v) is 5.67. The Bertz CT molecular complexity index is 1280. The molecule has 0 radical (unpaired) electrons. The van der Waals surface area contributed by atoms with E-state index in [1.807, 2.05) is 24.3 Å². The minimum atomic E-state index is -0.0966. The van der Waals surface area contributed by atoms with Crippen molar-refractivity contribution in [3.63, 3.8) is 0 Å². The van der Waals surface area contributed by atoms with Crippen LogP contribution in [0.15, 0.2) is 47.4 Å². The quantitative estimate of drug-likeness (QED) is 0.622. The Labute approximate surface area is 198 Å². The van der Waals surface area contributed by atoms with Gasteiger partial charge < -0.3 is 24.6 Å². The summed E-state index contributed by atoms with van der Waals surface area (Å²) in [5.74, 6) is 1.61. The molecular weight excluding hydrogens is 430 g/mol. The first-order valence-electron chi connectivity index (χ1n) is 12.1. The summed E-state index contributed by atoms with van der Waals surface area (Å²) in [6, 6.07) is 12.3. The lowest BCUT2D eigenvalue weighted by Crippen LogP contribution is -2.56. The van der Waals surface area contributed by atoms with Crippen LogP contribution in [-0.2, 0) is 7.05 Å². The third kappa shape index (κ3) is 3.81. The molecule has 3 aliphatic heterocycles. The molecule has 8 nitrogen and oxygen atoms in total. The number of fused-ring (bicyclic) bond motifs is 3. The van der Waals surface area contributed by atoms with Crippen LogP contribution in [0.4, 0.5) is 5.82 Å². The molecule has 2 bridgehead atoms. The van der Waals surface area contributed by atoms with Crippen LogP contribution in [0.5, 0.6) is 11.5 Å². The number of nitrogens with zero attached hydrogens (tertiary/aromatic N) is 4. The number of piperidine rings is 2. The maximum absolute atomic E-state index is 12.0. The molecule has 5 heterocycles. The van der Waals surface area contributed by atoms with Crippen molar-refractivity contribution < 1.29 is 9.84 Å². The van der Waals surface area contributed by atoms with E-state index in [0.717, 1.165) is 42.1 Å². The molecule has 2 aromatic heterocycles. The summed E-state index contributed by atoms with van der Waals surface area (Å²) in [5.41, 5.74) is 2.58. The van der Waals surface area contributed by atoms with E-state index in [1.165, 1.54) is 23.8 Å². The third-order valence-corrected chi connectivity index (χ3v) is 7.44. The minimum Gasteiger partial charge on any atom is -0.507 e. The highest BCUT2D eigenvalue weighted by molar-refractivity contribution is 5.75. The Balaban J connectivity index is 1.28. The van der Waals surface area contributed by atoms with E-state index in [-0.39, 0.29) is 11.3 Å². The molecule has 2 N–H and O–H groups in total. The number of phenolic OH excluding ortho intramolecular Hbond substituents is 1. The Hall–Kier alpha value is -3.39. The molecule has 6 rings (SSSR count). The van der Waals surface area contributed by atoms with Crippen LogP contribution in [0.25, 0.3) is 22.4 Å². The number of nitrogens with one attached hydrogen (secondary N) is 1. The van der Waals surface area contributed by atoms with Crippen molar-refractivity contribution in [2.75, 3.05) is 18.1 Å². The Morgan fingerprint density at radius 2 is 1.85 bits per heavy atom. The van der Waals surface area contributed by atoms with Gasteiger partial charge in [0.05, 0.1) is 6.54 Å². The molecule has 34 heavy (non-hydrogen) atoms. The average Bonchev–Trinajstić information content (AvgIpc) is 2.84. The molecule has 0 saturated carbocycles. The zero-order chi connectivity index (χ0) is 23.2. The summed E-state index contributed by atoms with van der Waals surface area (Å²) < 4.78 is 7.49. The van der Waals surface area contributed by atoms with Gasteiger partial charge in [-0.25, -0.2) is 0 Å². The SMILES string of the molecule is Cn1ccc(-c2ccc(-c3cc4c(nn3)N(C3CC5CCCC(C3)N5)CCO4)c(O)c2)cc1=O. The predicted octanol–water partition coefficient (Wildman–Crippen LogP) is 3.09. The van der Waals surface area contributed by atoms with E-state index in [9.17, 15) is 9.90 Å². The third-order valence-electron chi connectivity index (χ3n) is 7.44.